The number of rotatable bonds is 3. The number of nitrogens with one attached hydrogen (secondary N) is 1. The van der Waals surface area contributed by atoms with Crippen LogP contribution in [-0.4, -0.2) is 19.7 Å². The van der Waals surface area contributed by atoms with Crippen molar-refractivity contribution >= 4 is 26.9 Å². The monoisotopic (exact) mass is 323 g/mol. The van der Waals surface area contributed by atoms with Crippen LogP contribution < -0.4 is 10.1 Å². The van der Waals surface area contributed by atoms with Crippen molar-refractivity contribution in [1.29, 1.82) is 0 Å². The van der Waals surface area contributed by atoms with Crippen LogP contribution in [0.5, 0.6) is 5.75 Å². The van der Waals surface area contributed by atoms with E-state index in [9.17, 15) is 0 Å². The van der Waals surface area contributed by atoms with Gasteiger partial charge < -0.3 is 14.5 Å². The molecule has 4 heteroatoms. The molecule has 0 saturated carbocycles. The van der Waals surface area contributed by atoms with Crippen molar-refractivity contribution in [3.63, 3.8) is 0 Å². The Bertz CT molecular complexity index is 573. The quantitative estimate of drug-likeness (QED) is 0.930. The van der Waals surface area contributed by atoms with Gasteiger partial charge in [0.2, 0.25) is 0 Å². The molecule has 1 aromatic carbocycles. The molecule has 2 aromatic rings. The molecule has 0 spiro atoms. The summed E-state index contributed by atoms with van der Waals surface area (Å²) in [4.78, 5) is 0. The highest BCUT2D eigenvalue weighted by Gasteiger charge is 2.18. The minimum absolute atomic E-state index is 0.569. The summed E-state index contributed by atoms with van der Waals surface area (Å²) >= 11 is 3.71. The van der Waals surface area contributed by atoms with Gasteiger partial charge in [-0.25, -0.2) is 0 Å². The van der Waals surface area contributed by atoms with Gasteiger partial charge >= 0.3 is 0 Å². The predicted octanol–water partition coefficient (Wildman–Crippen LogP) is 3.89. The smallest absolute Gasteiger partial charge is 0.176 e. The second-order valence-electron chi connectivity index (χ2n) is 5.07. The topological polar surface area (TPSA) is 34.4 Å². The van der Waals surface area contributed by atoms with Crippen molar-refractivity contribution in [3.8, 4) is 5.75 Å². The van der Waals surface area contributed by atoms with Crippen molar-refractivity contribution in [2.24, 2.45) is 0 Å². The van der Waals surface area contributed by atoms with E-state index < -0.39 is 0 Å². The molecule has 19 heavy (non-hydrogen) atoms. The molecule has 0 radical (unpaired) electrons. The van der Waals surface area contributed by atoms with Gasteiger partial charge in [-0.3, -0.25) is 0 Å². The van der Waals surface area contributed by atoms with E-state index >= 15 is 0 Å². The summed E-state index contributed by atoms with van der Waals surface area (Å²) in [6.45, 7) is 1.13. The van der Waals surface area contributed by atoms with E-state index in [4.69, 9.17) is 9.15 Å². The van der Waals surface area contributed by atoms with Crippen LogP contribution in [0.1, 0.15) is 24.8 Å². The molecule has 3 nitrogen and oxygen atoms in total. The van der Waals surface area contributed by atoms with E-state index in [0.29, 0.717) is 6.04 Å². The number of piperidine rings is 1. The molecule has 1 N–H and O–H groups in total. The lowest BCUT2D eigenvalue weighted by Crippen LogP contribution is -2.35. The Morgan fingerprint density at radius 1 is 1.47 bits per heavy atom. The fraction of sp³-hybridized carbons (Fsp3) is 0.467. The third-order valence-electron chi connectivity index (χ3n) is 3.81. The Morgan fingerprint density at radius 2 is 2.37 bits per heavy atom. The molecule has 0 amide bonds. The van der Waals surface area contributed by atoms with Crippen LogP contribution in [0.2, 0.25) is 0 Å². The molecule has 1 unspecified atom stereocenters. The van der Waals surface area contributed by atoms with Crippen molar-refractivity contribution in [2.45, 2.75) is 31.7 Å². The number of furan rings is 1. The van der Waals surface area contributed by atoms with Crippen LogP contribution in [0.25, 0.3) is 11.0 Å². The van der Waals surface area contributed by atoms with Gasteiger partial charge in [0.1, 0.15) is 0 Å². The SMILES string of the molecule is COc1cc(CC2CCCCN2)c(Br)c2ccoc12. The Kier molecular flexibility index (Phi) is 3.80. The van der Waals surface area contributed by atoms with E-state index in [1.165, 1.54) is 24.8 Å². The third-order valence-corrected chi connectivity index (χ3v) is 4.75. The molecule has 1 aliphatic rings. The number of hydrogen-bond donors (Lipinski definition) is 1. The largest absolute Gasteiger partial charge is 0.493 e. The second kappa shape index (κ2) is 5.55. The first-order chi connectivity index (χ1) is 9.29. The molecule has 1 fully saturated rings. The molecule has 0 bridgehead atoms. The van der Waals surface area contributed by atoms with Crippen molar-refractivity contribution in [3.05, 3.63) is 28.4 Å². The lowest BCUT2D eigenvalue weighted by molar-refractivity contribution is 0.395. The molecular formula is C15H18BrNO2. The van der Waals surface area contributed by atoms with Crippen molar-refractivity contribution in [1.82, 2.24) is 5.32 Å². The number of fused-ring (bicyclic) bond motifs is 1. The Labute approximate surface area is 121 Å². The Morgan fingerprint density at radius 3 is 3.11 bits per heavy atom. The summed E-state index contributed by atoms with van der Waals surface area (Å²) in [5.41, 5.74) is 2.10. The first-order valence-electron chi connectivity index (χ1n) is 6.75. The maximum absolute atomic E-state index is 5.50. The van der Waals surface area contributed by atoms with E-state index in [-0.39, 0.29) is 0 Å². The zero-order chi connectivity index (χ0) is 13.2. The van der Waals surface area contributed by atoms with Gasteiger partial charge in [-0.05, 0) is 59.4 Å². The molecule has 1 aromatic heterocycles. The summed E-state index contributed by atoms with van der Waals surface area (Å²) in [5, 5.41) is 4.68. The van der Waals surface area contributed by atoms with E-state index in [0.717, 1.165) is 34.2 Å². The maximum Gasteiger partial charge on any atom is 0.176 e. The van der Waals surface area contributed by atoms with Crippen LogP contribution in [0, 0.1) is 0 Å². The number of hydrogen-bond acceptors (Lipinski definition) is 3. The maximum atomic E-state index is 5.50. The van der Waals surface area contributed by atoms with Gasteiger partial charge in [0.05, 0.1) is 13.4 Å². The van der Waals surface area contributed by atoms with Crippen molar-refractivity contribution in [2.75, 3.05) is 13.7 Å². The van der Waals surface area contributed by atoms with Crippen LogP contribution in [-0.2, 0) is 6.42 Å². The Hall–Kier alpha value is -1.00. The van der Waals surface area contributed by atoms with Gasteiger partial charge in [0.15, 0.2) is 11.3 Å². The average Bonchev–Trinajstić information content (AvgIpc) is 2.93. The highest BCUT2D eigenvalue weighted by Crippen LogP contribution is 2.36. The molecule has 1 saturated heterocycles. The number of halogens is 1. The highest BCUT2D eigenvalue weighted by molar-refractivity contribution is 9.10. The molecule has 1 aliphatic heterocycles. The van der Waals surface area contributed by atoms with Gasteiger partial charge in [-0.1, -0.05) is 6.42 Å². The zero-order valence-electron chi connectivity index (χ0n) is 11.0. The fourth-order valence-corrected chi connectivity index (χ4v) is 3.39. The van der Waals surface area contributed by atoms with E-state index in [1.54, 1.807) is 13.4 Å². The molecule has 0 aliphatic carbocycles. The van der Waals surface area contributed by atoms with Crippen LogP contribution in [0.4, 0.5) is 0 Å². The normalized spacial score (nSPS) is 19.8. The first kappa shape index (κ1) is 13.0. The van der Waals surface area contributed by atoms with Crippen molar-refractivity contribution < 1.29 is 9.15 Å². The molecular weight excluding hydrogens is 306 g/mol. The number of benzene rings is 1. The minimum Gasteiger partial charge on any atom is -0.493 e. The van der Waals surface area contributed by atoms with Gasteiger partial charge in [-0.15, -0.1) is 0 Å². The number of ether oxygens (including phenoxy) is 1. The molecule has 1 atom stereocenters. The van der Waals surface area contributed by atoms with Gasteiger partial charge in [-0.2, -0.15) is 0 Å². The van der Waals surface area contributed by atoms with Crippen LogP contribution in [0.3, 0.4) is 0 Å². The number of methoxy groups -OCH3 is 1. The minimum atomic E-state index is 0.569. The van der Waals surface area contributed by atoms with Crippen LogP contribution in [0.15, 0.2) is 27.3 Å². The molecule has 3 rings (SSSR count). The summed E-state index contributed by atoms with van der Waals surface area (Å²) in [5.74, 6) is 0.814. The van der Waals surface area contributed by atoms with Gasteiger partial charge in [0, 0.05) is 15.9 Å². The van der Waals surface area contributed by atoms with Crippen LogP contribution >= 0.6 is 15.9 Å². The third kappa shape index (κ3) is 2.51. The predicted molar refractivity (Wildman–Crippen MR) is 79.8 cm³/mol. The Balaban J connectivity index is 1.95. The zero-order valence-corrected chi connectivity index (χ0v) is 12.6. The molecule has 2 heterocycles. The van der Waals surface area contributed by atoms with E-state index in [2.05, 4.69) is 27.3 Å². The fourth-order valence-electron chi connectivity index (χ4n) is 2.80. The summed E-state index contributed by atoms with van der Waals surface area (Å²) in [6, 6.07) is 4.64. The second-order valence-corrected chi connectivity index (χ2v) is 5.86. The lowest BCUT2D eigenvalue weighted by atomic mass is 9.97. The van der Waals surface area contributed by atoms with E-state index in [1.807, 2.05) is 6.07 Å². The lowest BCUT2D eigenvalue weighted by Gasteiger charge is -2.24. The van der Waals surface area contributed by atoms with Gasteiger partial charge in [0.25, 0.3) is 0 Å². The summed E-state index contributed by atoms with van der Waals surface area (Å²) in [6.07, 6.45) is 6.60. The summed E-state index contributed by atoms with van der Waals surface area (Å²) < 4.78 is 12.1. The standard InChI is InChI=1S/C15H18BrNO2/c1-18-13-9-10(8-11-4-2-3-6-17-11)14(16)12-5-7-19-15(12)13/h5,7,9,11,17H,2-4,6,8H2,1H3. The highest BCUT2D eigenvalue weighted by atomic mass is 79.9. The summed E-state index contributed by atoms with van der Waals surface area (Å²) in [7, 11) is 1.69. The molecule has 102 valence electrons. The first-order valence-corrected chi connectivity index (χ1v) is 7.55. The average molecular weight is 324 g/mol.